The SMILES string of the molecule is CN(C)C(CNCC1CCCC1)c1cccs1. The molecule has 1 aliphatic rings. The molecular formula is C14H24N2S. The van der Waals surface area contributed by atoms with Gasteiger partial charge in [-0.3, -0.25) is 0 Å². The Balaban J connectivity index is 1.78. The summed E-state index contributed by atoms with van der Waals surface area (Å²) in [6, 6.07) is 4.91. The predicted octanol–water partition coefficient (Wildman–Crippen LogP) is 3.13. The highest BCUT2D eigenvalue weighted by Gasteiger charge is 2.17. The molecule has 0 spiro atoms. The van der Waals surface area contributed by atoms with Crippen LogP contribution in [0.5, 0.6) is 0 Å². The van der Waals surface area contributed by atoms with Gasteiger partial charge in [0.15, 0.2) is 0 Å². The zero-order valence-corrected chi connectivity index (χ0v) is 11.8. The van der Waals surface area contributed by atoms with Crippen molar-refractivity contribution in [3.8, 4) is 0 Å². The lowest BCUT2D eigenvalue weighted by molar-refractivity contribution is 0.287. The van der Waals surface area contributed by atoms with Gasteiger partial charge in [-0.25, -0.2) is 0 Å². The first-order valence-corrected chi connectivity index (χ1v) is 7.56. The molecular weight excluding hydrogens is 228 g/mol. The molecule has 17 heavy (non-hydrogen) atoms. The van der Waals surface area contributed by atoms with Crippen molar-refractivity contribution in [1.29, 1.82) is 0 Å². The summed E-state index contributed by atoms with van der Waals surface area (Å²) < 4.78 is 0. The molecule has 0 saturated heterocycles. The Hall–Kier alpha value is -0.380. The molecule has 1 aromatic rings. The van der Waals surface area contributed by atoms with Crippen LogP contribution in [0.25, 0.3) is 0 Å². The van der Waals surface area contributed by atoms with E-state index in [2.05, 4.69) is 41.8 Å². The first-order chi connectivity index (χ1) is 8.27. The largest absolute Gasteiger partial charge is 0.315 e. The normalized spacial score (nSPS) is 19.0. The number of likely N-dealkylation sites (N-methyl/N-ethyl adjacent to an activating group) is 1. The van der Waals surface area contributed by atoms with Crippen LogP contribution in [0.1, 0.15) is 36.6 Å². The molecule has 2 nitrogen and oxygen atoms in total. The van der Waals surface area contributed by atoms with E-state index in [9.17, 15) is 0 Å². The van der Waals surface area contributed by atoms with Gasteiger partial charge in [-0.05, 0) is 50.8 Å². The van der Waals surface area contributed by atoms with Crippen molar-refractivity contribution in [2.24, 2.45) is 5.92 Å². The molecule has 1 heterocycles. The number of hydrogen-bond acceptors (Lipinski definition) is 3. The van der Waals surface area contributed by atoms with Crippen molar-refractivity contribution >= 4 is 11.3 Å². The Morgan fingerprint density at radius 2 is 2.18 bits per heavy atom. The van der Waals surface area contributed by atoms with E-state index in [1.807, 2.05) is 11.3 Å². The first kappa shape index (κ1) is 13.1. The highest BCUT2D eigenvalue weighted by atomic mass is 32.1. The zero-order chi connectivity index (χ0) is 12.1. The monoisotopic (exact) mass is 252 g/mol. The number of rotatable bonds is 6. The van der Waals surface area contributed by atoms with Crippen molar-refractivity contribution in [2.75, 3.05) is 27.2 Å². The fourth-order valence-electron chi connectivity index (χ4n) is 2.66. The molecule has 0 aromatic carbocycles. The van der Waals surface area contributed by atoms with Gasteiger partial charge in [0.05, 0.1) is 6.04 Å². The lowest BCUT2D eigenvalue weighted by Gasteiger charge is -2.24. The summed E-state index contributed by atoms with van der Waals surface area (Å²) in [5.74, 6) is 0.932. The second kappa shape index (κ2) is 6.53. The maximum atomic E-state index is 3.66. The maximum absolute atomic E-state index is 3.66. The van der Waals surface area contributed by atoms with Crippen LogP contribution in [0, 0.1) is 5.92 Å². The van der Waals surface area contributed by atoms with E-state index in [0.29, 0.717) is 6.04 Å². The Labute approximate surface area is 109 Å². The maximum Gasteiger partial charge on any atom is 0.0561 e. The van der Waals surface area contributed by atoms with Crippen LogP contribution >= 0.6 is 11.3 Å². The minimum atomic E-state index is 0.524. The van der Waals surface area contributed by atoms with Crippen molar-refractivity contribution < 1.29 is 0 Å². The van der Waals surface area contributed by atoms with E-state index in [1.165, 1.54) is 37.1 Å². The molecule has 1 atom stereocenters. The molecule has 3 heteroatoms. The third kappa shape index (κ3) is 3.80. The van der Waals surface area contributed by atoms with E-state index in [0.717, 1.165) is 12.5 Å². The molecule has 1 saturated carbocycles. The molecule has 1 aromatic heterocycles. The van der Waals surface area contributed by atoms with Crippen LogP contribution in [0.3, 0.4) is 0 Å². The van der Waals surface area contributed by atoms with E-state index >= 15 is 0 Å². The second-order valence-corrected chi connectivity index (χ2v) is 6.28. The average Bonchev–Trinajstić information content (AvgIpc) is 2.96. The average molecular weight is 252 g/mol. The smallest absolute Gasteiger partial charge is 0.0561 e. The molecule has 1 N–H and O–H groups in total. The Morgan fingerprint density at radius 1 is 1.41 bits per heavy atom. The van der Waals surface area contributed by atoms with Crippen molar-refractivity contribution in [1.82, 2.24) is 10.2 Å². The number of hydrogen-bond donors (Lipinski definition) is 1. The van der Waals surface area contributed by atoms with Gasteiger partial charge in [-0.1, -0.05) is 18.9 Å². The molecule has 0 radical (unpaired) electrons. The summed E-state index contributed by atoms with van der Waals surface area (Å²) in [7, 11) is 4.34. The summed E-state index contributed by atoms with van der Waals surface area (Å²) in [5.41, 5.74) is 0. The van der Waals surface area contributed by atoms with Gasteiger partial charge in [0.1, 0.15) is 0 Å². The van der Waals surface area contributed by atoms with E-state index in [4.69, 9.17) is 0 Å². The van der Waals surface area contributed by atoms with Gasteiger partial charge in [0.2, 0.25) is 0 Å². The molecule has 96 valence electrons. The minimum absolute atomic E-state index is 0.524. The highest BCUT2D eigenvalue weighted by Crippen LogP contribution is 2.25. The molecule has 0 bridgehead atoms. The third-order valence-electron chi connectivity index (χ3n) is 3.74. The number of nitrogens with zero attached hydrogens (tertiary/aromatic N) is 1. The lowest BCUT2D eigenvalue weighted by atomic mass is 10.1. The van der Waals surface area contributed by atoms with Crippen molar-refractivity contribution in [3.63, 3.8) is 0 Å². The quantitative estimate of drug-likeness (QED) is 0.837. The van der Waals surface area contributed by atoms with Gasteiger partial charge in [0, 0.05) is 11.4 Å². The fraction of sp³-hybridized carbons (Fsp3) is 0.714. The molecule has 1 aliphatic carbocycles. The van der Waals surface area contributed by atoms with Gasteiger partial charge >= 0.3 is 0 Å². The van der Waals surface area contributed by atoms with E-state index < -0.39 is 0 Å². The molecule has 0 aliphatic heterocycles. The molecule has 1 unspecified atom stereocenters. The predicted molar refractivity (Wildman–Crippen MR) is 75.6 cm³/mol. The van der Waals surface area contributed by atoms with Crippen LogP contribution in [0.15, 0.2) is 17.5 Å². The third-order valence-corrected chi connectivity index (χ3v) is 4.71. The van der Waals surface area contributed by atoms with Gasteiger partial charge in [-0.2, -0.15) is 0 Å². The summed E-state index contributed by atoms with van der Waals surface area (Å²) in [5, 5.41) is 5.83. The Bertz CT molecular complexity index is 302. The van der Waals surface area contributed by atoms with Crippen LogP contribution in [-0.2, 0) is 0 Å². The Morgan fingerprint density at radius 3 is 2.76 bits per heavy atom. The van der Waals surface area contributed by atoms with E-state index in [-0.39, 0.29) is 0 Å². The topological polar surface area (TPSA) is 15.3 Å². The first-order valence-electron chi connectivity index (χ1n) is 6.68. The fourth-order valence-corrected chi connectivity index (χ4v) is 3.58. The second-order valence-electron chi connectivity index (χ2n) is 5.30. The summed E-state index contributed by atoms with van der Waals surface area (Å²) in [6.07, 6.45) is 5.74. The van der Waals surface area contributed by atoms with Gasteiger partial charge in [0.25, 0.3) is 0 Å². The highest BCUT2D eigenvalue weighted by molar-refractivity contribution is 7.10. The summed E-state index contributed by atoms with van der Waals surface area (Å²) in [6.45, 7) is 2.28. The zero-order valence-electron chi connectivity index (χ0n) is 11.0. The lowest BCUT2D eigenvalue weighted by Crippen LogP contribution is -2.32. The standard InChI is InChI=1S/C14H24N2S/c1-16(2)13(14-8-5-9-17-14)11-15-10-12-6-3-4-7-12/h5,8-9,12-13,15H,3-4,6-7,10-11H2,1-2H3. The van der Waals surface area contributed by atoms with Crippen LogP contribution in [-0.4, -0.2) is 32.1 Å². The molecule has 0 amide bonds. The van der Waals surface area contributed by atoms with Crippen molar-refractivity contribution in [2.45, 2.75) is 31.7 Å². The molecule has 2 rings (SSSR count). The number of thiophene rings is 1. The number of nitrogens with one attached hydrogen (secondary N) is 1. The van der Waals surface area contributed by atoms with Crippen LogP contribution in [0.2, 0.25) is 0 Å². The van der Waals surface area contributed by atoms with Crippen LogP contribution in [0.4, 0.5) is 0 Å². The summed E-state index contributed by atoms with van der Waals surface area (Å²) >= 11 is 1.86. The Kier molecular flexibility index (Phi) is 5.01. The minimum Gasteiger partial charge on any atom is -0.315 e. The van der Waals surface area contributed by atoms with Gasteiger partial charge < -0.3 is 10.2 Å². The van der Waals surface area contributed by atoms with Crippen LogP contribution < -0.4 is 5.32 Å². The molecule has 1 fully saturated rings. The van der Waals surface area contributed by atoms with Gasteiger partial charge in [-0.15, -0.1) is 11.3 Å². The van der Waals surface area contributed by atoms with Crippen molar-refractivity contribution in [3.05, 3.63) is 22.4 Å². The van der Waals surface area contributed by atoms with E-state index in [1.54, 1.807) is 0 Å². The summed E-state index contributed by atoms with van der Waals surface area (Å²) in [4.78, 5) is 3.78.